The van der Waals surface area contributed by atoms with Crippen molar-refractivity contribution in [2.24, 2.45) is 0 Å². The van der Waals surface area contributed by atoms with Crippen molar-refractivity contribution in [1.82, 2.24) is 0 Å². The Labute approximate surface area is 67.6 Å². The summed E-state index contributed by atoms with van der Waals surface area (Å²) in [4.78, 5) is 0. The molecule has 0 saturated heterocycles. The van der Waals surface area contributed by atoms with Crippen molar-refractivity contribution in [2.75, 3.05) is 0 Å². The summed E-state index contributed by atoms with van der Waals surface area (Å²) >= 11 is 5.49. The molecule has 0 spiro atoms. The fourth-order valence-corrected chi connectivity index (χ4v) is 1.53. The van der Waals surface area contributed by atoms with Crippen LogP contribution in [0.5, 0.6) is 0 Å². The van der Waals surface area contributed by atoms with Crippen LogP contribution in [0.25, 0.3) is 0 Å². The van der Waals surface area contributed by atoms with Gasteiger partial charge in [-0.3, -0.25) is 0 Å². The highest BCUT2D eigenvalue weighted by Gasteiger charge is 2.05. The maximum absolute atomic E-state index is 5.49. The van der Waals surface area contributed by atoms with Crippen LogP contribution >= 0.6 is 11.6 Å². The highest BCUT2D eigenvalue weighted by atomic mass is 35.5. The Morgan fingerprint density at radius 2 is 2.00 bits per heavy atom. The van der Waals surface area contributed by atoms with E-state index in [0.29, 0.717) is 0 Å². The fourth-order valence-electron chi connectivity index (χ4n) is 1.38. The molecule has 0 unspecified atom stereocenters. The predicted octanol–water partition coefficient (Wildman–Crippen LogP) is 3.63. The lowest BCUT2D eigenvalue weighted by molar-refractivity contribution is 0.683. The lowest BCUT2D eigenvalue weighted by Gasteiger charge is -2.13. The number of rotatable bonds is 1. The maximum atomic E-state index is 5.49. The van der Waals surface area contributed by atoms with Crippen molar-refractivity contribution in [3.05, 3.63) is 22.8 Å². The summed E-state index contributed by atoms with van der Waals surface area (Å²) in [5.41, 5.74) is 4.58. The van der Waals surface area contributed by atoms with Crippen molar-refractivity contribution in [3.8, 4) is 0 Å². The van der Waals surface area contributed by atoms with Gasteiger partial charge in [0.25, 0.3) is 0 Å². The molecule has 0 atom stereocenters. The van der Waals surface area contributed by atoms with E-state index in [4.69, 9.17) is 11.6 Å². The van der Waals surface area contributed by atoms with E-state index >= 15 is 0 Å². The first kappa shape index (κ1) is 7.87. The molecule has 0 heterocycles. The van der Waals surface area contributed by atoms with Crippen LogP contribution < -0.4 is 0 Å². The summed E-state index contributed by atoms with van der Waals surface area (Å²) in [6, 6.07) is 0. The average Bonchev–Trinajstić information content (AvgIpc) is 1.94. The molecule has 0 aromatic heterocycles. The standard InChI is InChI=1S/C9H13Cl/c1-8-4-2-3-5-9(8)6-7-10/h6-7H,2-5H2,1H3/b7-6+. The van der Waals surface area contributed by atoms with Crippen LogP contribution in [0.3, 0.4) is 0 Å². The van der Waals surface area contributed by atoms with Gasteiger partial charge in [-0.2, -0.15) is 0 Å². The zero-order valence-corrected chi connectivity index (χ0v) is 7.12. The second-order valence-electron chi connectivity index (χ2n) is 2.81. The molecule has 1 aliphatic carbocycles. The molecule has 0 nitrogen and oxygen atoms in total. The Morgan fingerprint density at radius 1 is 1.30 bits per heavy atom. The van der Waals surface area contributed by atoms with E-state index in [2.05, 4.69) is 6.92 Å². The van der Waals surface area contributed by atoms with Gasteiger partial charge < -0.3 is 0 Å². The minimum atomic E-state index is 1.22. The summed E-state index contributed by atoms with van der Waals surface area (Å²) < 4.78 is 0. The summed E-state index contributed by atoms with van der Waals surface area (Å²) in [6.07, 6.45) is 7.18. The van der Waals surface area contributed by atoms with Gasteiger partial charge in [-0.15, -0.1) is 0 Å². The smallest absolute Gasteiger partial charge is 0.00451 e. The molecule has 0 bridgehead atoms. The molecule has 0 aromatic rings. The van der Waals surface area contributed by atoms with E-state index in [0.717, 1.165) is 0 Å². The second kappa shape index (κ2) is 3.82. The van der Waals surface area contributed by atoms with Gasteiger partial charge >= 0.3 is 0 Å². The van der Waals surface area contributed by atoms with Gasteiger partial charge in [0.1, 0.15) is 0 Å². The van der Waals surface area contributed by atoms with Crippen molar-refractivity contribution >= 4 is 11.6 Å². The van der Waals surface area contributed by atoms with Gasteiger partial charge in [-0.25, -0.2) is 0 Å². The van der Waals surface area contributed by atoms with Gasteiger partial charge in [0, 0.05) is 5.54 Å². The molecular formula is C9H13Cl. The second-order valence-corrected chi connectivity index (χ2v) is 3.06. The fraction of sp³-hybridized carbons (Fsp3) is 0.556. The lowest BCUT2D eigenvalue weighted by atomic mass is 9.93. The van der Waals surface area contributed by atoms with Gasteiger partial charge in [0.05, 0.1) is 0 Å². The van der Waals surface area contributed by atoms with E-state index in [1.165, 1.54) is 36.8 Å². The van der Waals surface area contributed by atoms with E-state index < -0.39 is 0 Å². The zero-order chi connectivity index (χ0) is 7.40. The molecule has 1 heteroatoms. The number of halogens is 1. The predicted molar refractivity (Wildman–Crippen MR) is 46.2 cm³/mol. The summed E-state index contributed by atoms with van der Waals surface area (Å²) in [5, 5.41) is 0. The lowest BCUT2D eigenvalue weighted by Crippen LogP contribution is -1.94. The molecule has 0 radical (unpaired) electrons. The quantitative estimate of drug-likeness (QED) is 0.544. The SMILES string of the molecule is CC1=C(/C=C/Cl)CCCC1. The third kappa shape index (κ3) is 1.88. The first-order valence-corrected chi connectivity index (χ1v) is 4.23. The topological polar surface area (TPSA) is 0 Å². The van der Waals surface area contributed by atoms with Gasteiger partial charge in [0.15, 0.2) is 0 Å². The van der Waals surface area contributed by atoms with E-state index in [1.807, 2.05) is 6.08 Å². The summed E-state index contributed by atoms with van der Waals surface area (Å²) in [6.45, 7) is 2.20. The minimum Gasteiger partial charge on any atom is -0.0929 e. The van der Waals surface area contributed by atoms with Crippen LogP contribution in [0.2, 0.25) is 0 Å². The third-order valence-corrected chi connectivity index (χ3v) is 2.19. The van der Waals surface area contributed by atoms with E-state index in [1.54, 1.807) is 5.54 Å². The van der Waals surface area contributed by atoms with Crippen molar-refractivity contribution in [2.45, 2.75) is 32.6 Å². The van der Waals surface area contributed by atoms with Crippen molar-refractivity contribution < 1.29 is 0 Å². The molecule has 0 fully saturated rings. The van der Waals surface area contributed by atoms with Gasteiger partial charge in [-0.05, 0) is 44.3 Å². The average molecular weight is 157 g/mol. The van der Waals surface area contributed by atoms with Crippen LogP contribution in [-0.4, -0.2) is 0 Å². The molecule has 0 N–H and O–H groups in total. The summed E-state index contributed by atoms with van der Waals surface area (Å²) in [5.74, 6) is 0. The van der Waals surface area contributed by atoms with Gasteiger partial charge in [0.2, 0.25) is 0 Å². The first-order chi connectivity index (χ1) is 4.84. The molecule has 56 valence electrons. The molecular weight excluding hydrogens is 144 g/mol. The number of allylic oxidation sites excluding steroid dienone is 3. The van der Waals surface area contributed by atoms with Crippen LogP contribution in [0.4, 0.5) is 0 Å². The molecule has 0 amide bonds. The zero-order valence-electron chi connectivity index (χ0n) is 6.36. The Kier molecular flexibility index (Phi) is 3.01. The Hall–Kier alpha value is -0.230. The molecule has 0 saturated carbocycles. The van der Waals surface area contributed by atoms with Gasteiger partial charge in [-0.1, -0.05) is 17.2 Å². The number of hydrogen-bond acceptors (Lipinski definition) is 0. The number of hydrogen-bond donors (Lipinski definition) is 0. The maximum Gasteiger partial charge on any atom is 0.00451 e. The van der Waals surface area contributed by atoms with Crippen LogP contribution in [0, 0.1) is 0 Å². The monoisotopic (exact) mass is 156 g/mol. The van der Waals surface area contributed by atoms with Crippen molar-refractivity contribution in [3.63, 3.8) is 0 Å². The molecule has 1 aliphatic rings. The van der Waals surface area contributed by atoms with Crippen molar-refractivity contribution in [1.29, 1.82) is 0 Å². The Morgan fingerprint density at radius 3 is 2.60 bits per heavy atom. The molecule has 0 aliphatic heterocycles. The largest absolute Gasteiger partial charge is 0.0929 e. The van der Waals surface area contributed by atoms with Crippen LogP contribution in [-0.2, 0) is 0 Å². The highest BCUT2D eigenvalue weighted by Crippen LogP contribution is 2.24. The molecule has 10 heavy (non-hydrogen) atoms. The van der Waals surface area contributed by atoms with E-state index in [9.17, 15) is 0 Å². The van der Waals surface area contributed by atoms with E-state index in [-0.39, 0.29) is 0 Å². The minimum absolute atomic E-state index is 1.22. The Balaban J connectivity index is 2.68. The summed E-state index contributed by atoms with van der Waals surface area (Å²) in [7, 11) is 0. The highest BCUT2D eigenvalue weighted by molar-refractivity contribution is 6.25. The molecule has 1 rings (SSSR count). The molecule has 0 aromatic carbocycles. The third-order valence-electron chi connectivity index (χ3n) is 2.06. The van der Waals surface area contributed by atoms with Crippen LogP contribution in [0.1, 0.15) is 32.6 Å². The normalized spacial score (nSPS) is 20.6. The Bertz CT molecular complexity index is 166. The first-order valence-electron chi connectivity index (χ1n) is 3.80. The van der Waals surface area contributed by atoms with Crippen LogP contribution in [0.15, 0.2) is 22.8 Å².